The quantitative estimate of drug-likeness (QED) is 0.325. The van der Waals surface area contributed by atoms with Crippen LogP contribution in [-0.4, -0.2) is 41.6 Å². The van der Waals surface area contributed by atoms with E-state index in [9.17, 15) is 8.42 Å². The molecule has 0 aliphatic heterocycles. The molecule has 0 aromatic rings. The summed E-state index contributed by atoms with van der Waals surface area (Å²) in [5.74, 6) is 0.0854. The first kappa shape index (κ1) is 13.6. The van der Waals surface area contributed by atoms with E-state index in [2.05, 4.69) is 5.16 Å². The van der Waals surface area contributed by atoms with E-state index in [1.165, 1.54) is 0 Å². The third-order valence-electron chi connectivity index (χ3n) is 3.72. The van der Waals surface area contributed by atoms with Gasteiger partial charge in [0.05, 0.1) is 5.25 Å². The van der Waals surface area contributed by atoms with Gasteiger partial charge in [0.1, 0.15) is 5.84 Å². The summed E-state index contributed by atoms with van der Waals surface area (Å²) in [7, 11) is -3.20. The molecule has 2 rings (SSSR count). The molecular weight excluding hydrogens is 254 g/mol. The maximum Gasteiger partial charge on any atom is 0.217 e. The lowest BCUT2D eigenvalue weighted by molar-refractivity contribution is 0.315. The molecule has 2 saturated carbocycles. The van der Waals surface area contributed by atoms with E-state index in [0.717, 1.165) is 38.5 Å². The predicted molar refractivity (Wildman–Crippen MR) is 68.9 cm³/mol. The zero-order chi connectivity index (χ0) is 13.2. The molecule has 2 aliphatic carbocycles. The molecule has 0 atom stereocenters. The van der Waals surface area contributed by atoms with Crippen molar-refractivity contribution in [1.29, 1.82) is 0 Å². The van der Waals surface area contributed by atoms with E-state index in [-0.39, 0.29) is 17.1 Å². The first-order chi connectivity index (χ1) is 8.55. The van der Waals surface area contributed by atoms with Gasteiger partial charge >= 0.3 is 0 Å². The van der Waals surface area contributed by atoms with Crippen molar-refractivity contribution in [3.8, 4) is 0 Å². The number of amidine groups is 1. The second-order valence-corrected chi connectivity index (χ2v) is 7.30. The number of sulfonamides is 1. The fourth-order valence-electron chi connectivity index (χ4n) is 2.53. The van der Waals surface area contributed by atoms with E-state index >= 15 is 0 Å². The molecule has 18 heavy (non-hydrogen) atoms. The monoisotopic (exact) mass is 275 g/mol. The van der Waals surface area contributed by atoms with Gasteiger partial charge in [-0.25, -0.2) is 8.42 Å². The lowest BCUT2D eigenvalue weighted by atomic mass is 10.4. The van der Waals surface area contributed by atoms with E-state index in [4.69, 9.17) is 10.9 Å². The van der Waals surface area contributed by atoms with Gasteiger partial charge in [0.2, 0.25) is 10.0 Å². The summed E-state index contributed by atoms with van der Waals surface area (Å²) in [5.41, 5.74) is 5.42. The standard InChI is InChI=1S/C11H21N3O3S/c12-11(13-15)7-8-14(9-5-6-9)18(16,17)10-3-1-2-4-10/h9-10,15H,1-8H2,(H2,12,13). The molecule has 0 bridgehead atoms. The van der Waals surface area contributed by atoms with Gasteiger partial charge in [-0.2, -0.15) is 4.31 Å². The predicted octanol–water partition coefficient (Wildman–Crippen LogP) is 0.860. The van der Waals surface area contributed by atoms with Crippen LogP contribution in [0.1, 0.15) is 44.9 Å². The number of nitrogens with two attached hydrogens (primary N) is 1. The number of hydrogen-bond acceptors (Lipinski definition) is 4. The molecule has 0 spiro atoms. The number of hydrogen-bond donors (Lipinski definition) is 2. The second kappa shape index (κ2) is 5.44. The molecular formula is C11H21N3O3S. The highest BCUT2D eigenvalue weighted by molar-refractivity contribution is 7.89. The normalized spacial score (nSPS) is 22.8. The lowest BCUT2D eigenvalue weighted by Gasteiger charge is -2.25. The van der Waals surface area contributed by atoms with Gasteiger partial charge in [-0.1, -0.05) is 18.0 Å². The van der Waals surface area contributed by atoms with E-state index < -0.39 is 10.0 Å². The topological polar surface area (TPSA) is 96.0 Å². The molecule has 104 valence electrons. The Morgan fingerprint density at radius 2 is 1.89 bits per heavy atom. The molecule has 3 N–H and O–H groups in total. The molecule has 2 fully saturated rings. The van der Waals surface area contributed by atoms with Crippen molar-refractivity contribution < 1.29 is 13.6 Å². The first-order valence-electron chi connectivity index (χ1n) is 6.52. The van der Waals surface area contributed by atoms with Gasteiger partial charge in [-0.15, -0.1) is 0 Å². The minimum absolute atomic E-state index is 0.0854. The van der Waals surface area contributed by atoms with E-state index in [1.54, 1.807) is 4.31 Å². The van der Waals surface area contributed by atoms with Crippen LogP contribution in [0.4, 0.5) is 0 Å². The highest BCUT2D eigenvalue weighted by atomic mass is 32.2. The lowest BCUT2D eigenvalue weighted by Crippen LogP contribution is -2.41. The summed E-state index contributed by atoms with van der Waals surface area (Å²) in [5, 5.41) is 11.2. The fraction of sp³-hybridized carbons (Fsp3) is 0.909. The van der Waals surface area contributed by atoms with Gasteiger partial charge < -0.3 is 10.9 Å². The van der Waals surface area contributed by atoms with E-state index in [0.29, 0.717) is 13.0 Å². The third kappa shape index (κ3) is 2.95. The van der Waals surface area contributed by atoms with Gasteiger partial charge in [0.25, 0.3) is 0 Å². The van der Waals surface area contributed by atoms with E-state index in [1.807, 2.05) is 0 Å². The third-order valence-corrected chi connectivity index (χ3v) is 6.17. The van der Waals surface area contributed by atoms with Crippen LogP contribution >= 0.6 is 0 Å². The molecule has 6 nitrogen and oxygen atoms in total. The SMILES string of the molecule is NC(CCN(C1CC1)S(=O)(=O)C1CCCC1)=NO. The van der Waals surface area contributed by atoms with Crippen molar-refractivity contribution in [2.75, 3.05) is 6.54 Å². The highest BCUT2D eigenvalue weighted by Crippen LogP contribution is 2.34. The van der Waals surface area contributed by atoms with Crippen LogP contribution < -0.4 is 5.73 Å². The highest BCUT2D eigenvalue weighted by Gasteiger charge is 2.41. The zero-order valence-electron chi connectivity index (χ0n) is 10.5. The maximum absolute atomic E-state index is 12.5. The summed E-state index contributed by atoms with van der Waals surface area (Å²) in [4.78, 5) is 0. The van der Waals surface area contributed by atoms with Crippen molar-refractivity contribution in [3.63, 3.8) is 0 Å². The first-order valence-corrected chi connectivity index (χ1v) is 8.03. The minimum Gasteiger partial charge on any atom is -0.409 e. The molecule has 0 aromatic carbocycles. The van der Waals surface area contributed by atoms with Crippen LogP contribution in [0.25, 0.3) is 0 Å². The Morgan fingerprint density at radius 1 is 1.28 bits per heavy atom. The summed E-state index contributed by atoms with van der Waals surface area (Å²) in [6.45, 7) is 0.333. The summed E-state index contributed by atoms with van der Waals surface area (Å²) < 4.78 is 26.6. The second-order valence-electron chi connectivity index (χ2n) is 5.13. The Bertz CT molecular complexity index is 411. The van der Waals surface area contributed by atoms with Crippen LogP contribution in [0, 0.1) is 0 Å². The van der Waals surface area contributed by atoms with Crippen molar-refractivity contribution in [2.45, 2.75) is 56.2 Å². The average molecular weight is 275 g/mol. The smallest absolute Gasteiger partial charge is 0.217 e. The van der Waals surface area contributed by atoms with Crippen molar-refractivity contribution in [1.82, 2.24) is 4.31 Å². The van der Waals surface area contributed by atoms with Gasteiger partial charge in [-0.05, 0) is 25.7 Å². The van der Waals surface area contributed by atoms with Crippen LogP contribution in [0.5, 0.6) is 0 Å². The molecule has 0 radical (unpaired) electrons. The molecule has 2 aliphatic rings. The van der Waals surface area contributed by atoms with Gasteiger partial charge in [0.15, 0.2) is 0 Å². The zero-order valence-corrected chi connectivity index (χ0v) is 11.3. The van der Waals surface area contributed by atoms with Crippen LogP contribution in [-0.2, 0) is 10.0 Å². The summed E-state index contributed by atoms with van der Waals surface area (Å²) >= 11 is 0. The number of oxime groups is 1. The van der Waals surface area contributed by atoms with Crippen LogP contribution in [0.3, 0.4) is 0 Å². The van der Waals surface area contributed by atoms with Crippen molar-refractivity contribution in [3.05, 3.63) is 0 Å². The Balaban J connectivity index is 2.04. The Hall–Kier alpha value is -0.820. The number of nitrogens with zero attached hydrogens (tertiary/aromatic N) is 2. The Kier molecular flexibility index (Phi) is 4.11. The van der Waals surface area contributed by atoms with Crippen LogP contribution in [0.2, 0.25) is 0 Å². The van der Waals surface area contributed by atoms with Crippen molar-refractivity contribution >= 4 is 15.9 Å². The van der Waals surface area contributed by atoms with Gasteiger partial charge in [-0.3, -0.25) is 0 Å². The Labute approximate surface area is 108 Å². The molecule has 0 heterocycles. The number of rotatable bonds is 6. The average Bonchev–Trinajstić information content (AvgIpc) is 3.00. The Morgan fingerprint density at radius 3 is 2.39 bits per heavy atom. The fourth-order valence-corrected chi connectivity index (χ4v) is 4.82. The molecule has 0 amide bonds. The van der Waals surface area contributed by atoms with Crippen LogP contribution in [0.15, 0.2) is 5.16 Å². The minimum atomic E-state index is -3.20. The maximum atomic E-state index is 12.5. The summed E-state index contributed by atoms with van der Waals surface area (Å²) in [6.07, 6.45) is 5.71. The van der Waals surface area contributed by atoms with Crippen molar-refractivity contribution in [2.24, 2.45) is 10.9 Å². The molecule has 7 heteroatoms. The molecule has 0 aromatic heterocycles. The largest absolute Gasteiger partial charge is 0.409 e. The molecule has 0 unspecified atom stereocenters. The summed E-state index contributed by atoms with van der Waals surface area (Å²) in [6, 6.07) is 0.141. The molecule has 0 saturated heterocycles. The van der Waals surface area contributed by atoms with Gasteiger partial charge in [0, 0.05) is 19.0 Å².